The van der Waals surface area contributed by atoms with E-state index in [9.17, 15) is 10.1 Å². The Labute approximate surface area is 151 Å². The molecule has 0 saturated heterocycles. The molecule has 0 aliphatic heterocycles. The van der Waals surface area contributed by atoms with Crippen LogP contribution in [0.1, 0.15) is 5.56 Å². The Morgan fingerprint density at radius 1 is 1.08 bits per heavy atom. The average Bonchev–Trinajstić information content (AvgIpc) is 2.57. The highest BCUT2D eigenvalue weighted by molar-refractivity contribution is 9.10. The molecule has 25 heavy (non-hydrogen) atoms. The minimum atomic E-state index is -0.528. The highest BCUT2D eigenvalue weighted by Crippen LogP contribution is 2.32. The fraction of sp³-hybridized carbons (Fsp3) is 0.0625. The van der Waals surface area contributed by atoms with Crippen molar-refractivity contribution in [1.29, 1.82) is 0 Å². The lowest BCUT2D eigenvalue weighted by molar-refractivity contribution is -0.383. The van der Waals surface area contributed by atoms with Crippen LogP contribution in [0.25, 0.3) is 0 Å². The van der Waals surface area contributed by atoms with Gasteiger partial charge in [0, 0.05) is 16.4 Å². The van der Waals surface area contributed by atoms with E-state index in [-0.39, 0.29) is 17.3 Å². The van der Waals surface area contributed by atoms with Crippen LogP contribution in [0.2, 0.25) is 0 Å². The summed E-state index contributed by atoms with van der Waals surface area (Å²) in [7, 11) is 0. The molecule has 3 rings (SSSR count). The normalized spacial score (nSPS) is 10.3. The Hall–Kier alpha value is -3.07. The van der Waals surface area contributed by atoms with Gasteiger partial charge in [-0.05, 0) is 52.7 Å². The molecule has 0 unspecified atom stereocenters. The molecule has 0 fully saturated rings. The third kappa shape index (κ3) is 4.07. The third-order valence-corrected chi connectivity index (χ3v) is 3.73. The van der Waals surface area contributed by atoms with Crippen molar-refractivity contribution in [2.75, 3.05) is 10.6 Å². The van der Waals surface area contributed by atoms with E-state index in [0.717, 1.165) is 10.0 Å². The zero-order chi connectivity index (χ0) is 17.8. The molecule has 0 saturated carbocycles. The Balaban J connectivity index is 1.96. The van der Waals surface area contributed by atoms with Gasteiger partial charge in [-0.25, -0.2) is 15.0 Å². The van der Waals surface area contributed by atoms with E-state index in [2.05, 4.69) is 41.5 Å². The molecule has 2 N–H and O–H groups in total. The van der Waals surface area contributed by atoms with Gasteiger partial charge in [0.05, 0.1) is 4.92 Å². The number of benzene rings is 1. The highest BCUT2D eigenvalue weighted by atomic mass is 79.9. The number of nitrogens with zero attached hydrogens (tertiary/aromatic N) is 4. The third-order valence-electron chi connectivity index (χ3n) is 3.26. The number of pyridine rings is 1. The zero-order valence-electron chi connectivity index (χ0n) is 13.1. The van der Waals surface area contributed by atoms with Gasteiger partial charge in [0.15, 0.2) is 0 Å². The van der Waals surface area contributed by atoms with Crippen LogP contribution in [0.5, 0.6) is 0 Å². The van der Waals surface area contributed by atoms with Gasteiger partial charge in [0.25, 0.3) is 0 Å². The van der Waals surface area contributed by atoms with Crippen LogP contribution in [-0.4, -0.2) is 19.9 Å². The van der Waals surface area contributed by atoms with Crippen molar-refractivity contribution < 1.29 is 4.92 Å². The van der Waals surface area contributed by atoms with E-state index in [4.69, 9.17) is 0 Å². The lowest BCUT2D eigenvalue weighted by Gasteiger charge is -2.10. The Morgan fingerprint density at radius 3 is 2.48 bits per heavy atom. The Bertz CT molecular complexity index is 917. The minimum Gasteiger partial charge on any atom is -0.334 e. The molecular formula is C16H13BrN6O2. The number of nitrogens with one attached hydrogen (secondary N) is 2. The maximum Gasteiger partial charge on any atom is 0.353 e. The average molecular weight is 401 g/mol. The van der Waals surface area contributed by atoms with Crippen molar-refractivity contribution in [2.45, 2.75) is 6.92 Å². The number of nitro groups is 1. The molecular weight excluding hydrogens is 388 g/mol. The van der Waals surface area contributed by atoms with E-state index < -0.39 is 4.92 Å². The highest BCUT2D eigenvalue weighted by Gasteiger charge is 2.23. The molecule has 2 heterocycles. The second-order valence-electron chi connectivity index (χ2n) is 5.16. The summed E-state index contributed by atoms with van der Waals surface area (Å²) in [6.45, 7) is 1.94. The van der Waals surface area contributed by atoms with E-state index in [1.54, 1.807) is 18.3 Å². The lowest BCUT2D eigenvalue weighted by Crippen LogP contribution is -2.06. The second kappa shape index (κ2) is 7.22. The molecule has 0 amide bonds. The summed E-state index contributed by atoms with van der Waals surface area (Å²) in [6.07, 6.45) is 2.84. The molecule has 0 radical (unpaired) electrons. The van der Waals surface area contributed by atoms with E-state index in [1.807, 2.05) is 31.2 Å². The van der Waals surface area contributed by atoms with Crippen LogP contribution >= 0.6 is 15.9 Å². The van der Waals surface area contributed by atoms with Gasteiger partial charge in [0.1, 0.15) is 12.1 Å². The van der Waals surface area contributed by atoms with Crippen LogP contribution in [-0.2, 0) is 0 Å². The van der Waals surface area contributed by atoms with E-state index in [1.165, 1.54) is 6.33 Å². The lowest BCUT2D eigenvalue weighted by atomic mass is 10.2. The summed E-state index contributed by atoms with van der Waals surface area (Å²) in [5, 5.41) is 17.4. The largest absolute Gasteiger partial charge is 0.353 e. The molecule has 8 nitrogen and oxygen atoms in total. The number of hydrogen-bond acceptors (Lipinski definition) is 7. The van der Waals surface area contributed by atoms with Crippen LogP contribution in [0.3, 0.4) is 0 Å². The summed E-state index contributed by atoms with van der Waals surface area (Å²) in [5.41, 5.74) is 1.47. The maximum absolute atomic E-state index is 11.6. The van der Waals surface area contributed by atoms with Gasteiger partial charge in [-0.3, -0.25) is 10.1 Å². The number of aromatic nitrogens is 3. The molecule has 3 aromatic rings. The summed E-state index contributed by atoms with van der Waals surface area (Å²) >= 11 is 3.29. The molecule has 0 spiro atoms. The molecule has 0 atom stereocenters. The molecule has 9 heteroatoms. The monoisotopic (exact) mass is 400 g/mol. The van der Waals surface area contributed by atoms with Crippen LogP contribution in [0.15, 0.2) is 53.4 Å². The molecule has 0 aliphatic rings. The first-order valence-corrected chi connectivity index (χ1v) is 8.04. The SMILES string of the molecule is Cc1cccc(Nc2ncnc(Nc3ccc(Br)cn3)c2[N+](=O)[O-])c1. The topological polar surface area (TPSA) is 106 Å². The minimum absolute atomic E-state index is 0.0602. The fourth-order valence-corrected chi connectivity index (χ4v) is 2.40. The molecule has 126 valence electrons. The number of anilines is 4. The van der Waals surface area contributed by atoms with Gasteiger partial charge < -0.3 is 10.6 Å². The second-order valence-corrected chi connectivity index (χ2v) is 6.07. The summed E-state index contributed by atoms with van der Waals surface area (Å²) < 4.78 is 0.803. The smallest absolute Gasteiger partial charge is 0.334 e. The first kappa shape index (κ1) is 16.8. The molecule has 2 aromatic heterocycles. The van der Waals surface area contributed by atoms with Crippen molar-refractivity contribution in [3.63, 3.8) is 0 Å². The predicted octanol–water partition coefficient (Wildman–Crippen LogP) is 4.34. The summed E-state index contributed by atoms with van der Waals surface area (Å²) in [4.78, 5) is 23.2. The van der Waals surface area contributed by atoms with Gasteiger partial charge in [-0.1, -0.05) is 12.1 Å². The summed E-state index contributed by atoms with van der Waals surface area (Å²) in [6, 6.07) is 10.9. The van der Waals surface area contributed by atoms with Gasteiger partial charge >= 0.3 is 5.69 Å². The molecule has 0 aliphatic carbocycles. The number of rotatable bonds is 5. The van der Waals surface area contributed by atoms with Crippen molar-refractivity contribution in [3.8, 4) is 0 Å². The van der Waals surface area contributed by atoms with E-state index >= 15 is 0 Å². The fourth-order valence-electron chi connectivity index (χ4n) is 2.17. The van der Waals surface area contributed by atoms with Gasteiger partial charge in [-0.15, -0.1) is 0 Å². The Morgan fingerprint density at radius 2 is 1.84 bits per heavy atom. The van der Waals surface area contributed by atoms with Crippen LogP contribution in [0, 0.1) is 17.0 Å². The predicted molar refractivity (Wildman–Crippen MR) is 98.4 cm³/mol. The van der Waals surface area contributed by atoms with Crippen molar-refractivity contribution in [3.05, 3.63) is 69.1 Å². The first-order chi connectivity index (χ1) is 12.0. The van der Waals surface area contributed by atoms with Crippen molar-refractivity contribution in [1.82, 2.24) is 15.0 Å². The van der Waals surface area contributed by atoms with Crippen molar-refractivity contribution in [2.24, 2.45) is 0 Å². The standard InChI is InChI=1S/C16H13BrN6O2/c1-10-3-2-4-12(7-10)21-15-14(23(24)25)16(20-9-19-15)22-13-6-5-11(17)8-18-13/h2-9H,1H3,(H2,18,19,20,21,22). The van der Waals surface area contributed by atoms with Crippen molar-refractivity contribution >= 4 is 44.8 Å². The molecule has 0 bridgehead atoms. The van der Waals surface area contributed by atoms with Gasteiger partial charge in [-0.2, -0.15) is 0 Å². The zero-order valence-corrected chi connectivity index (χ0v) is 14.7. The van der Waals surface area contributed by atoms with Gasteiger partial charge in [0.2, 0.25) is 11.6 Å². The van der Waals surface area contributed by atoms with Crippen LogP contribution in [0.4, 0.5) is 28.8 Å². The van der Waals surface area contributed by atoms with E-state index in [0.29, 0.717) is 11.5 Å². The van der Waals surface area contributed by atoms with Crippen LogP contribution < -0.4 is 10.6 Å². The first-order valence-electron chi connectivity index (χ1n) is 7.24. The number of halogens is 1. The quantitative estimate of drug-likeness (QED) is 0.484. The Kier molecular flexibility index (Phi) is 4.85. The number of hydrogen-bond donors (Lipinski definition) is 2. The molecule has 1 aromatic carbocycles. The number of aryl methyl sites for hydroxylation is 1. The maximum atomic E-state index is 11.6. The summed E-state index contributed by atoms with van der Waals surface area (Å²) in [5.74, 6) is 0.599.